The zero-order chi connectivity index (χ0) is 69.2. The number of hydrogen-bond acceptors (Lipinski definition) is 21. The number of hydrogen-bond donors (Lipinski definition) is 6. The van der Waals surface area contributed by atoms with Gasteiger partial charge in [0.1, 0.15) is 68.3 Å². The van der Waals surface area contributed by atoms with Crippen molar-refractivity contribution in [2.75, 3.05) is 98.0 Å². The van der Waals surface area contributed by atoms with Gasteiger partial charge in [-0.15, -0.1) is 15.3 Å². The van der Waals surface area contributed by atoms with Crippen molar-refractivity contribution in [1.29, 1.82) is 0 Å². The second-order valence-electron chi connectivity index (χ2n) is 22.1. The van der Waals surface area contributed by atoms with Crippen LogP contribution in [0.3, 0.4) is 0 Å². The zero-order valence-corrected chi connectivity index (χ0v) is 58.8. The van der Waals surface area contributed by atoms with Crippen LogP contribution in [0.4, 0.5) is 72.0 Å². The number of ether oxygens (including phenoxy) is 3. The predicted octanol–water partition coefficient (Wildman–Crippen LogP) is 14.6. The summed E-state index contributed by atoms with van der Waals surface area (Å²) in [6, 6.07) is 39.3. The smallest absolute Gasteiger partial charge is 0.260 e. The quantitative estimate of drug-likeness (QED) is 0.0272. The maximum absolute atomic E-state index is 14.4. The number of fused-ring (bicyclic) bond motifs is 3. The molecule has 12 aromatic rings. The lowest BCUT2D eigenvalue weighted by Gasteiger charge is -2.18. The van der Waals surface area contributed by atoms with Crippen molar-refractivity contribution < 1.29 is 41.5 Å². The summed E-state index contributed by atoms with van der Waals surface area (Å²) < 4.78 is 87.7. The van der Waals surface area contributed by atoms with Gasteiger partial charge in [-0.25, -0.2) is 32.6 Å². The number of carbonyl (C=O) groups excluding carboxylic acids is 1. The Morgan fingerprint density at radius 2 is 1.15 bits per heavy atom. The number of halogens is 4. The molecule has 6 N–H and O–H groups in total. The summed E-state index contributed by atoms with van der Waals surface area (Å²) in [4.78, 5) is 29.7. The number of anilines is 11. The van der Waals surface area contributed by atoms with Crippen LogP contribution in [0.25, 0.3) is 17.1 Å². The average molecular weight is 1430 g/mol. The number of carbonyl (C=O) groups is 1. The van der Waals surface area contributed by atoms with Gasteiger partial charge < -0.3 is 59.8 Å². The lowest BCUT2D eigenvalue weighted by atomic mass is 10.2. The normalized spacial score (nSPS) is 11.5. The summed E-state index contributed by atoms with van der Waals surface area (Å²) in [5.41, 5.74) is 4.84. The first-order valence-corrected chi connectivity index (χ1v) is 38.7. The highest BCUT2D eigenvalue weighted by Crippen LogP contribution is 2.45. The second kappa shape index (κ2) is 30.6. The number of rotatable bonds is 22. The molecule has 24 nitrogen and oxygen atoms in total. The van der Waals surface area contributed by atoms with E-state index in [0.29, 0.717) is 108 Å². The second-order valence-corrected chi connectivity index (χ2v) is 33.9. The Hall–Kier alpha value is -9.61. The third kappa shape index (κ3) is 17.3. The van der Waals surface area contributed by atoms with Crippen molar-refractivity contribution in [2.45, 2.75) is 19.0 Å². The van der Waals surface area contributed by atoms with Gasteiger partial charge in [0.25, 0.3) is 5.78 Å². The predicted molar refractivity (Wildman–Crippen MR) is 385 cm³/mol. The summed E-state index contributed by atoms with van der Waals surface area (Å²) in [7, 11) is -2.64. The molecule has 32 heteroatoms. The number of nitrogens with one attached hydrogen (secondary N) is 6. The fraction of sp³-hybridized carbons (Fsp3) is 0.185. The molecule has 0 unspecified atom stereocenters. The van der Waals surface area contributed by atoms with Crippen LogP contribution >= 0.6 is 56.4 Å². The highest BCUT2D eigenvalue weighted by molar-refractivity contribution is 7.99. The van der Waals surface area contributed by atoms with E-state index in [0.717, 1.165) is 21.6 Å². The van der Waals surface area contributed by atoms with E-state index in [1.54, 1.807) is 159 Å². The molecule has 0 saturated heterocycles. The highest BCUT2D eigenvalue weighted by Gasteiger charge is 2.23. The monoisotopic (exact) mass is 1430 g/mol. The van der Waals surface area contributed by atoms with Gasteiger partial charge >= 0.3 is 0 Å². The minimum absolute atomic E-state index is 0.151. The average Bonchev–Trinajstić information content (AvgIpc) is 1.80. The van der Waals surface area contributed by atoms with Crippen LogP contribution in [0.2, 0.25) is 10.0 Å². The van der Waals surface area contributed by atoms with Crippen LogP contribution in [0.5, 0.6) is 17.2 Å². The number of benzene rings is 6. The summed E-state index contributed by atoms with van der Waals surface area (Å²) in [5, 5.41) is 38.8. The summed E-state index contributed by atoms with van der Waals surface area (Å²) in [6.07, 6.45) is 7.63. The Morgan fingerprint density at radius 1 is 0.588 bits per heavy atom. The van der Waals surface area contributed by atoms with E-state index in [-0.39, 0.29) is 23.0 Å². The Bertz CT molecular complexity index is 5000. The summed E-state index contributed by atoms with van der Waals surface area (Å²) in [6.45, 7) is 10.7. The third-order valence-electron chi connectivity index (χ3n) is 14.7. The molecule has 0 atom stereocenters. The van der Waals surface area contributed by atoms with Crippen LogP contribution in [-0.4, -0.2) is 126 Å². The number of thioether (sulfide) groups is 1. The molecular formula is C65H66Cl2F2N17O7P3S. The zero-order valence-electron chi connectivity index (χ0n) is 53.7. The van der Waals surface area contributed by atoms with Gasteiger partial charge in [0.05, 0.1) is 67.4 Å². The van der Waals surface area contributed by atoms with Crippen LogP contribution in [0.15, 0.2) is 170 Å². The molecule has 0 aliphatic heterocycles. The van der Waals surface area contributed by atoms with Crippen molar-refractivity contribution in [3.63, 3.8) is 0 Å². The SMILES string of the molecule is CCP(=O)(CC)c1ccc(Nc2cc(Nc3ccc(Cl)cc3F)c3nccn3n2)c(OC)c1.COc1cc(P(C)(C)=O)ccc1Nc1cc(Nc2ccc(Cl)cc2F)n2nccc2n1.COc1cc(P(C)(C)=O)ccc1Nc1ncn2c(SCC(=O)Nc3ccccc3)nnc2n1. The lowest BCUT2D eigenvalue weighted by Crippen LogP contribution is -2.14. The van der Waals surface area contributed by atoms with Gasteiger partial charge in [0.15, 0.2) is 22.3 Å². The Morgan fingerprint density at radius 3 is 1.74 bits per heavy atom. The number of amides is 1. The summed E-state index contributed by atoms with van der Waals surface area (Å²) >= 11 is 12.9. The molecule has 6 aromatic heterocycles. The largest absolute Gasteiger partial charge is 0.495 e. The highest BCUT2D eigenvalue weighted by atomic mass is 35.5. The number of para-hydroxylation sites is 1. The van der Waals surface area contributed by atoms with Crippen molar-refractivity contribution >= 4 is 158 Å². The molecule has 0 aliphatic rings. The molecule has 0 bridgehead atoms. The maximum atomic E-state index is 14.4. The molecule has 502 valence electrons. The summed E-state index contributed by atoms with van der Waals surface area (Å²) in [5.74, 6) is 2.78. The topological polar surface area (TPSA) is 284 Å². The Labute approximate surface area is 570 Å². The Balaban J connectivity index is 0.000000158. The van der Waals surface area contributed by atoms with Gasteiger partial charge in [-0.1, -0.05) is 67.0 Å². The Kier molecular flexibility index (Phi) is 22.2. The molecule has 0 radical (unpaired) electrons. The number of aromatic nitrogens is 11. The van der Waals surface area contributed by atoms with E-state index in [1.165, 1.54) is 30.2 Å². The maximum Gasteiger partial charge on any atom is 0.260 e. The molecule has 97 heavy (non-hydrogen) atoms. The van der Waals surface area contributed by atoms with Crippen LogP contribution in [-0.2, 0) is 18.5 Å². The molecule has 0 saturated carbocycles. The molecular weight excluding hydrogens is 1360 g/mol. The first kappa shape index (κ1) is 70.2. The first-order valence-electron chi connectivity index (χ1n) is 29.7. The number of methoxy groups -OCH3 is 3. The van der Waals surface area contributed by atoms with Gasteiger partial charge in [-0.05, 0) is 130 Å². The third-order valence-corrected chi connectivity index (χ3v) is 22.4. The molecule has 0 spiro atoms. The lowest BCUT2D eigenvalue weighted by molar-refractivity contribution is -0.113. The number of nitrogens with zero attached hydrogens (tertiary/aromatic N) is 11. The van der Waals surface area contributed by atoms with E-state index >= 15 is 0 Å². The van der Waals surface area contributed by atoms with Crippen molar-refractivity contribution in [2.24, 2.45) is 0 Å². The van der Waals surface area contributed by atoms with Crippen molar-refractivity contribution in [3.8, 4) is 17.2 Å². The van der Waals surface area contributed by atoms with E-state index < -0.39 is 33.1 Å². The molecule has 6 aromatic carbocycles. The minimum Gasteiger partial charge on any atom is -0.495 e. The van der Waals surface area contributed by atoms with E-state index in [1.807, 2.05) is 62.4 Å². The van der Waals surface area contributed by atoms with Gasteiger partial charge in [-0.3, -0.25) is 4.79 Å². The van der Waals surface area contributed by atoms with E-state index in [9.17, 15) is 27.3 Å². The molecule has 6 heterocycles. The van der Waals surface area contributed by atoms with Crippen LogP contribution in [0.1, 0.15) is 13.8 Å². The molecule has 0 aliphatic carbocycles. The van der Waals surface area contributed by atoms with Gasteiger partial charge in [-0.2, -0.15) is 14.6 Å². The fourth-order valence-electron chi connectivity index (χ4n) is 9.55. The molecule has 0 fully saturated rings. The van der Waals surface area contributed by atoms with Crippen LogP contribution < -0.4 is 62.0 Å². The standard InChI is InChI=1S/C23H24ClFN5O2P.C21H20ClFN5O2P.C21H22N7O3PS/c1-4-33(31,5-2)16-7-9-19(21(13-16)32-3)28-22-14-20(23-26-10-11-30(23)29-22)27-18-8-6-15(24)12-17(18)25;1-30-18-11-14(31(2,3)29)5-7-17(18)25-19-12-21(28-20(27-19)8-9-24-28)26-16-6-4-13(22)10-15(16)23;1-31-17-11-15(32(2,3)30)9-10-16(17)24-19-22-13-28-20(25-19)26-27-21(28)33-12-18(29)23-14-7-5-4-6-8-14/h6-14,27H,4-5H2,1-3H3,(H,28,29);4-12,26H,1-3H3,(H,25,27);4-11,13H,12H2,1-3H3,(H,23,29)(H,24,25,26). The van der Waals surface area contributed by atoms with E-state index in [4.69, 9.17) is 37.4 Å². The number of imidazole rings is 1. The molecule has 1 amide bonds. The molecule has 12 rings (SSSR count). The first-order chi connectivity index (χ1) is 46.4. The minimum atomic E-state index is -2.45. The van der Waals surface area contributed by atoms with E-state index in [2.05, 4.69) is 72.2 Å². The fourth-order valence-corrected chi connectivity index (χ4v) is 14.2. The van der Waals surface area contributed by atoms with Crippen molar-refractivity contribution in [3.05, 3.63) is 186 Å². The van der Waals surface area contributed by atoms with Gasteiger partial charge in [0.2, 0.25) is 11.9 Å². The van der Waals surface area contributed by atoms with Crippen molar-refractivity contribution in [1.82, 2.24) is 53.8 Å². The van der Waals surface area contributed by atoms with Gasteiger partial charge in [0, 0.05) is 74.6 Å². The van der Waals surface area contributed by atoms with Crippen LogP contribution in [0, 0.1) is 11.6 Å².